The number of ether oxygens (including phenoxy) is 1. The zero-order valence-electron chi connectivity index (χ0n) is 9.32. The Balaban J connectivity index is 2.77. The summed E-state index contributed by atoms with van der Waals surface area (Å²) in [6.07, 6.45) is -0.0586. The van der Waals surface area contributed by atoms with Gasteiger partial charge in [0.25, 0.3) is 0 Å². The summed E-state index contributed by atoms with van der Waals surface area (Å²) in [5.41, 5.74) is -0.157. The Kier molecular flexibility index (Phi) is 3.21. The zero-order valence-corrected chi connectivity index (χ0v) is 9.32. The van der Waals surface area contributed by atoms with Crippen molar-refractivity contribution in [1.82, 2.24) is 4.90 Å². The normalized spacial score (nSPS) is 23.9. The smallest absolute Gasteiger partial charge is 0.410 e. The monoisotopic (exact) mass is 215 g/mol. The lowest BCUT2D eigenvalue weighted by Gasteiger charge is -2.21. The van der Waals surface area contributed by atoms with E-state index in [1.54, 1.807) is 6.92 Å². The average Bonchev–Trinajstić information content (AvgIpc) is 2.42. The van der Waals surface area contributed by atoms with E-state index in [0.29, 0.717) is 13.0 Å². The van der Waals surface area contributed by atoms with Crippen molar-refractivity contribution in [3.63, 3.8) is 0 Å². The SMILES string of the molecule is CCOC(=O)N1CC(C)(C)CC1C(=O)O. The molecule has 1 aliphatic rings. The van der Waals surface area contributed by atoms with E-state index in [9.17, 15) is 9.59 Å². The van der Waals surface area contributed by atoms with Gasteiger partial charge in [0.2, 0.25) is 0 Å². The number of hydrogen-bond donors (Lipinski definition) is 1. The van der Waals surface area contributed by atoms with Crippen LogP contribution < -0.4 is 0 Å². The van der Waals surface area contributed by atoms with Gasteiger partial charge >= 0.3 is 12.1 Å². The van der Waals surface area contributed by atoms with Gasteiger partial charge in [-0.15, -0.1) is 0 Å². The summed E-state index contributed by atoms with van der Waals surface area (Å²) in [6, 6.07) is -0.751. The fourth-order valence-corrected chi connectivity index (χ4v) is 1.89. The molecule has 86 valence electrons. The minimum atomic E-state index is -0.964. The van der Waals surface area contributed by atoms with Gasteiger partial charge in [-0.05, 0) is 18.8 Å². The molecule has 0 aliphatic carbocycles. The van der Waals surface area contributed by atoms with Gasteiger partial charge in [-0.3, -0.25) is 4.90 Å². The van der Waals surface area contributed by atoms with Crippen molar-refractivity contribution in [2.24, 2.45) is 5.41 Å². The lowest BCUT2D eigenvalue weighted by atomic mass is 9.91. The standard InChI is InChI=1S/C10H17NO4/c1-4-15-9(14)11-6-10(2,3)5-7(11)8(12)13/h7H,4-6H2,1-3H3,(H,12,13). The first-order valence-electron chi connectivity index (χ1n) is 5.03. The Morgan fingerprint density at radius 2 is 2.13 bits per heavy atom. The number of carbonyl (C=O) groups is 2. The van der Waals surface area contributed by atoms with Gasteiger partial charge in [-0.1, -0.05) is 13.8 Å². The molecule has 0 aromatic rings. The molecule has 1 rings (SSSR count). The zero-order chi connectivity index (χ0) is 11.6. The predicted octanol–water partition coefficient (Wildman–Crippen LogP) is 1.33. The predicted molar refractivity (Wildman–Crippen MR) is 53.5 cm³/mol. The molecule has 0 aromatic heterocycles. The van der Waals surface area contributed by atoms with Crippen LogP contribution in [0, 0.1) is 5.41 Å². The lowest BCUT2D eigenvalue weighted by Crippen LogP contribution is -2.40. The number of nitrogens with zero attached hydrogens (tertiary/aromatic N) is 1. The van der Waals surface area contributed by atoms with Crippen LogP contribution in [0.25, 0.3) is 0 Å². The molecule has 0 saturated carbocycles. The second-order valence-corrected chi connectivity index (χ2v) is 4.55. The van der Waals surface area contributed by atoms with E-state index < -0.39 is 18.1 Å². The van der Waals surface area contributed by atoms with Crippen LogP contribution in [0.4, 0.5) is 4.79 Å². The van der Waals surface area contributed by atoms with Crippen molar-refractivity contribution in [3.8, 4) is 0 Å². The first kappa shape index (κ1) is 11.8. The fraction of sp³-hybridized carbons (Fsp3) is 0.800. The first-order chi connectivity index (χ1) is 6.87. The molecule has 1 saturated heterocycles. The minimum Gasteiger partial charge on any atom is -0.480 e. The summed E-state index contributed by atoms with van der Waals surface area (Å²) in [7, 11) is 0. The van der Waals surface area contributed by atoms with Gasteiger partial charge in [0.05, 0.1) is 6.61 Å². The highest BCUT2D eigenvalue weighted by molar-refractivity contribution is 5.81. The molecular formula is C10H17NO4. The second kappa shape index (κ2) is 4.08. The van der Waals surface area contributed by atoms with E-state index in [-0.39, 0.29) is 12.0 Å². The molecule has 1 N–H and O–H groups in total. The van der Waals surface area contributed by atoms with Crippen LogP contribution >= 0.6 is 0 Å². The van der Waals surface area contributed by atoms with Gasteiger partial charge in [-0.2, -0.15) is 0 Å². The highest BCUT2D eigenvalue weighted by Crippen LogP contribution is 2.34. The van der Waals surface area contributed by atoms with Crippen molar-refractivity contribution in [2.45, 2.75) is 33.2 Å². The van der Waals surface area contributed by atoms with Crippen LogP contribution in [0.1, 0.15) is 27.2 Å². The molecule has 5 nitrogen and oxygen atoms in total. The maximum Gasteiger partial charge on any atom is 0.410 e. The van der Waals surface area contributed by atoms with Gasteiger partial charge in [0.15, 0.2) is 0 Å². The molecule has 0 spiro atoms. The number of amides is 1. The largest absolute Gasteiger partial charge is 0.480 e. The number of carboxylic acids is 1. The van der Waals surface area contributed by atoms with Crippen LogP contribution in [0.15, 0.2) is 0 Å². The van der Waals surface area contributed by atoms with E-state index in [1.165, 1.54) is 4.90 Å². The van der Waals surface area contributed by atoms with Gasteiger partial charge in [0, 0.05) is 6.54 Å². The van der Waals surface area contributed by atoms with Crippen molar-refractivity contribution in [1.29, 1.82) is 0 Å². The van der Waals surface area contributed by atoms with Crippen molar-refractivity contribution >= 4 is 12.1 Å². The molecule has 0 radical (unpaired) electrons. The van der Waals surface area contributed by atoms with Crippen LogP contribution in [-0.4, -0.2) is 41.3 Å². The Morgan fingerprint density at radius 3 is 2.60 bits per heavy atom. The Morgan fingerprint density at radius 1 is 1.53 bits per heavy atom. The Bertz CT molecular complexity index is 275. The van der Waals surface area contributed by atoms with Crippen LogP contribution in [0.3, 0.4) is 0 Å². The first-order valence-corrected chi connectivity index (χ1v) is 5.03. The lowest BCUT2D eigenvalue weighted by molar-refractivity contribution is -0.141. The third kappa shape index (κ3) is 2.61. The fourth-order valence-electron chi connectivity index (χ4n) is 1.89. The van der Waals surface area contributed by atoms with Crippen LogP contribution in [-0.2, 0) is 9.53 Å². The number of aliphatic carboxylic acids is 1. The summed E-state index contributed by atoms with van der Waals surface area (Å²) in [5, 5.41) is 8.98. The molecule has 0 bridgehead atoms. The number of carboxylic acid groups (broad SMARTS) is 1. The van der Waals surface area contributed by atoms with E-state index in [2.05, 4.69) is 0 Å². The number of hydrogen-bond acceptors (Lipinski definition) is 3. The average molecular weight is 215 g/mol. The Labute approximate surface area is 89.0 Å². The number of carbonyl (C=O) groups excluding carboxylic acids is 1. The highest BCUT2D eigenvalue weighted by atomic mass is 16.6. The molecule has 1 fully saturated rings. The molecule has 1 aliphatic heterocycles. The molecule has 1 amide bonds. The quantitative estimate of drug-likeness (QED) is 0.754. The summed E-state index contributed by atoms with van der Waals surface area (Å²) in [4.78, 5) is 23.7. The second-order valence-electron chi connectivity index (χ2n) is 4.55. The highest BCUT2D eigenvalue weighted by Gasteiger charge is 2.44. The minimum absolute atomic E-state index is 0.157. The summed E-state index contributed by atoms with van der Waals surface area (Å²) < 4.78 is 4.82. The van der Waals surface area contributed by atoms with Crippen molar-refractivity contribution < 1.29 is 19.4 Å². The van der Waals surface area contributed by atoms with Crippen LogP contribution in [0.5, 0.6) is 0 Å². The number of likely N-dealkylation sites (tertiary alicyclic amines) is 1. The van der Waals surface area contributed by atoms with E-state index in [0.717, 1.165) is 0 Å². The number of rotatable bonds is 2. The van der Waals surface area contributed by atoms with Gasteiger partial charge < -0.3 is 9.84 Å². The molecule has 5 heteroatoms. The van der Waals surface area contributed by atoms with Gasteiger partial charge in [-0.25, -0.2) is 9.59 Å². The molecular weight excluding hydrogens is 198 g/mol. The summed E-state index contributed by atoms with van der Waals surface area (Å²) in [5.74, 6) is -0.964. The van der Waals surface area contributed by atoms with Gasteiger partial charge in [0.1, 0.15) is 6.04 Å². The topological polar surface area (TPSA) is 66.8 Å². The third-order valence-electron chi connectivity index (χ3n) is 2.51. The molecule has 1 heterocycles. The van der Waals surface area contributed by atoms with E-state index in [1.807, 2.05) is 13.8 Å². The molecule has 15 heavy (non-hydrogen) atoms. The summed E-state index contributed by atoms with van der Waals surface area (Å²) in [6.45, 7) is 6.30. The molecule has 1 unspecified atom stereocenters. The summed E-state index contributed by atoms with van der Waals surface area (Å²) >= 11 is 0. The Hall–Kier alpha value is -1.26. The van der Waals surface area contributed by atoms with Crippen molar-refractivity contribution in [2.75, 3.05) is 13.2 Å². The van der Waals surface area contributed by atoms with Crippen LogP contribution in [0.2, 0.25) is 0 Å². The van der Waals surface area contributed by atoms with E-state index >= 15 is 0 Å². The maximum absolute atomic E-state index is 11.5. The maximum atomic E-state index is 11.5. The molecule has 1 atom stereocenters. The third-order valence-corrected chi connectivity index (χ3v) is 2.51. The molecule has 0 aromatic carbocycles. The van der Waals surface area contributed by atoms with E-state index in [4.69, 9.17) is 9.84 Å². The van der Waals surface area contributed by atoms with Crippen molar-refractivity contribution in [3.05, 3.63) is 0 Å².